The van der Waals surface area contributed by atoms with Gasteiger partial charge in [0, 0.05) is 33.6 Å². The van der Waals surface area contributed by atoms with Gasteiger partial charge in [-0.15, -0.1) is 0 Å². The number of carboxylic acids is 2. The Bertz CT molecular complexity index is 2000. The van der Waals surface area contributed by atoms with Gasteiger partial charge in [0.25, 0.3) is 11.6 Å². The van der Waals surface area contributed by atoms with E-state index in [9.17, 15) is 116 Å². The molecule has 0 saturated carbocycles. The smallest absolute Gasteiger partial charge is 0.364 e. The molecule has 3 amide bonds. The molecule has 35 nitrogen and oxygen atoms in total. The number of ether oxygens (including phenoxy) is 9. The fourth-order valence-electron chi connectivity index (χ4n) is 9.65. The Balaban J connectivity index is 1.51. The molecule has 5 aliphatic heterocycles. The zero-order valence-corrected chi connectivity index (χ0v) is 41.1. The molecule has 5 heterocycles. The van der Waals surface area contributed by atoms with Gasteiger partial charge in [-0.2, -0.15) is 0 Å². The Hall–Kier alpha value is -3.65. The minimum absolute atomic E-state index is 0.759. The first kappa shape index (κ1) is 64.2. The number of aliphatic carboxylic acids is 2. The molecule has 0 aromatic carbocycles. The summed E-state index contributed by atoms with van der Waals surface area (Å²) >= 11 is 0. The van der Waals surface area contributed by atoms with E-state index in [0.29, 0.717) is 0 Å². The largest absolute Gasteiger partial charge is 0.477 e. The molecule has 0 aliphatic carbocycles. The summed E-state index contributed by atoms with van der Waals surface area (Å²) in [5.74, 6) is -14.0. The lowest BCUT2D eigenvalue weighted by atomic mass is 9.86. The van der Waals surface area contributed by atoms with E-state index in [1.807, 2.05) is 0 Å². The van der Waals surface area contributed by atoms with Crippen LogP contribution < -0.4 is 16.0 Å². The third-order valence-corrected chi connectivity index (χ3v) is 13.5. The molecular formula is C42H69N3O32. The van der Waals surface area contributed by atoms with Crippen LogP contribution in [0.3, 0.4) is 0 Å². The SMILES string of the molecule is CC(=O)N[C@@H]1[C@@H](O)[C@H](OC2O[C@H](CO)[C@H](O)[C@H](OC3O[C@H](CO)[C@H](O)[C@H](O[C@]4(C(=O)O)C[C@H](O)[C@@H](NC(C)=O)[C@H]([C@H](O[C@]5(C(=O)O)C[C@H](O)[C@@H](NC(C)=O)[C@H]([C@H](O)[C@H](O)CO)O5)[C@H](O)CO)O4)[C@H]3O)[C@H]2O)[C@@H](CO)O[C@H]1O. The summed E-state index contributed by atoms with van der Waals surface area (Å²) in [6, 6.07) is -5.39. The Morgan fingerprint density at radius 2 is 0.961 bits per heavy atom. The van der Waals surface area contributed by atoms with E-state index >= 15 is 0 Å². The van der Waals surface area contributed by atoms with Gasteiger partial charge in [0.15, 0.2) is 18.9 Å². The Kier molecular flexibility index (Phi) is 22.3. The lowest BCUT2D eigenvalue weighted by molar-refractivity contribution is -0.396. The van der Waals surface area contributed by atoms with E-state index in [-0.39, 0.29) is 0 Å². The van der Waals surface area contributed by atoms with Crippen molar-refractivity contribution in [1.29, 1.82) is 0 Å². The number of aliphatic hydroxyl groups is 16. The average molecular weight is 1130 g/mol. The molecule has 27 atom stereocenters. The summed E-state index contributed by atoms with van der Waals surface area (Å²) in [4.78, 5) is 63.3. The molecule has 0 radical (unpaired) electrons. The van der Waals surface area contributed by atoms with E-state index < -0.39 is 240 Å². The molecule has 2 unspecified atom stereocenters. The second-order valence-electron chi connectivity index (χ2n) is 19.0. The van der Waals surface area contributed by atoms with Gasteiger partial charge in [-0.25, -0.2) is 9.59 Å². The molecule has 5 aliphatic rings. The van der Waals surface area contributed by atoms with Crippen LogP contribution in [0.25, 0.3) is 0 Å². The van der Waals surface area contributed by atoms with Gasteiger partial charge in [0.1, 0.15) is 110 Å². The fraction of sp³-hybridized carbons (Fsp3) is 0.881. The molecule has 0 spiro atoms. The van der Waals surface area contributed by atoms with Crippen LogP contribution in [0.4, 0.5) is 0 Å². The highest BCUT2D eigenvalue weighted by molar-refractivity contribution is 5.78. The van der Waals surface area contributed by atoms with Crippen LogP contribution in [-0.4, -0.2) is 319 Å². The fourth-order valence-corrected chi connectivity index (χ4v) is 9.65. The number of carbonyl (C=O) groups excluding carboxylic acids is 3. The average Bonchev–Trinajstić information content (AvgIpc) is 3.37. The summed E-state index contributed by atoms with van der Waals surface area (Å²) in [6.07, 6.45) is -50.6. The molecule has 0 aromatic rings. The van der Waals surface area contributed by atoms with Gasteiger partial charge >= 0.3 is 11.9 Å². The Morgan fingerprint density at radius 3 is 1.43 bits per heavy atom. The normalized spacial score (nSPS) is 43.2. The van der Waals surface area contributed by atoms with Crippen molar-refractivity contribution < 1.29 is 159 Å². The van der Waals surface area contributed by atoms with E-state index in [0.717, 1.165) is 20.8 Å². The number of hydrogen-bond acceptors (Lipinski definition) is 30. The van der Waals surface area contributed by atoms with E-state index in [2.05, 4.69) is 16.0 Å². The van der Waals surface area contributed by atoms with E-state index in [1.165, 1.54) is 0 Å². The maximum atomic E-state index is 13.5. The van der Waals surface area contributed by atoms with Crippen LogP contribution in [0.5, 0.6) is 0 Å². The van der Waals surface area contributed by atoms with Gasteiger partial charge in [0.2, 0.25) is 17.7 Å². The lowest BCUT2D eigenvalue weighted by Gasteiger charge is -2.52. The minimum atomic E-state index is -3.50. The summed E-state index contributed by atoms with van der Waals surface area (Å²) in [5.41, 5.74) is 0. The monoisotopic (exact) mass is 1130 g/mol. The van der Waals surface area contributed by atoms with Crippen molar-refractivity contribution in [3.8, 4) is 0 Å². The van der Waals surface area contributed by atoms with Gasteiger partial charge in [0.05, 0.1) is 57.3 Å². The molecule has 0 aromatic heterocycles. The molecule has 5 rings (SSSR count). The summed E-state index contributed by atoms with van der Waals surface area (Å²) in [5, 5.41) is 202. The first-order chi connectivity index (χ1) is 36.0. The number of aliphatic hydroxyl groups excluding tert-OH is 16. The highest BCUT2D eigenvalue weighted by atomic mass is 16.8. The van der Waals surface area contributed by atoms with Gasteiger partial charge < -0.3 is 150 Å². The van der Waals surface area contributed by atoms with Crippen LogP contribution in [0.15, 0.2) is 0 Å². The number of nitrogens with one attached hydrogen (secondary N) is 3. The van der Waals surface area contributed by atoms with Gasteiger partial charge in [-0.05, 0) is 0 Å². The zero-order valence-electron chi connectivity index (χ0n) is 41.1. The third kappa shape index (κ3) is 13.9. The molecule has 21 N–H and O–H groups in total. The second kappa shape index (κ2) is 26.7. The van der Waals surface area contributed by atoms with E-state index in [4.69, 9.17) is 42.6 Å². The minimum Gasteiger partial charge on any atom is -0.477 e. The Morgan fingerprint density at radius 1 is 0.532 bits per heavy atom. The van der Waals surface area contributed by atoms with Crippen LogP contribution in [0.2, 0.25) is 0 Å². The summed E-state index contributed by atoms with van der Waals surface area (Å²) in [6.45, 7) is -3.04. The third-order valence-electron chi connectivity index (χ3n) is 13.5. The summed E-state index contributed by atoms with van der Waals surface area (Å²) < 4.78 is 50.9. The number of amides is 3. The molecule has 35 heteroatoms. The van der Waals surface area contributed by atoms with Crippen molar-refractivity contribution in [2.45, 2.75) is 198 Å². The van der Waals surface area contributed by atoms with Crippen molar-refractivity contribution in [2.75, 3.05) is 33.0 Å². The predicted octanol–water partition coefficient (Wildman–Crippen LogP) is -13.1. The molecule has 77 heavy (non-hydrogen) atoms. The zero-order chi connectivity index (χ0) is 57.8. The van der Waals surface area contributed by atoms with Crippen molar-refractivity contribution in [3.05, 3.63) is 0 Å². The van der Waals surface area contributed by atoms with Crippen molar-refractivity contribution in [3.63, 3.8) is 0 Å². The topological polar surface area (TPSA) is 569 Å². The van der Waals surface area contributed by atoms with Crippen molar-refractivity contribution in [1.82, 2.24) is 16.0 Å². The van der Waals surface area contributed by atoms with Crippen LogP contribution in [0, 0.1) is 0 Å². The molecule has 444 valence electrons. The van der Waals surface area contributed by atoms with Crippen molar-refractivity contribution >= 4 is 29.7 Å². The maximum Gasteiger partial charge on any atom is 0.364 e. The number of carboxylic acid groups (broad SMARTS) is 2. The second-order valence-corrected chi connectivity index (χ2v) is 19.0. The first-order valence-corrected chi connectivity index (χ1v) is 23.9. The molecule has 0 bridgehead atoms. The maximum absolute atomic E-state index is 13.5. The highest BCUT2D eigenvalue weighted by Gasteiger charge is 2.64. The Labute approximate surface area is 434 Å². The first-order valence-electron chi connectivity index (χ1n) is 23.9. The van der Waals surface area contributed by atoms with E-state index in [1.54, 1.807) is 0 Å². The standard InChI is InChI=1S/C42H69N3O32/c1-11(51)43-21-14(54)4-41(39(65)66,75-32(21)24(58)16(56)6-46)74-30(17(57)7-47)33-22(44-12(2)52)15(55)5-42(76-33,40(67)68)77-35-26(60)19(9-49)71-38(29(35)63)73-34-25(59)18(8-48)70-37(28(34)62)72-31-20(10-50)69-36(64)23(27(31)61)45-13(3)53/h14-38,46-50,54-64H,4-10H2,1-3H3,(H,43,51)(H,44,52)(H,45,53)(H,65,66)(H,67,68)/t14-,15-,16+,17+,18+,19+,20+,21+,22+,23+,24+,25-,26-,27+,28+,29+,30+,31+,32+,33+,34-,35-,36+,37?,38?,41+,42-/m0/s1. The van der Waals surface area contributed by atoms with Crippen molar-refractivity contribution in [2.24, 2.45) is 0 Å². The molecule has 5 saturated heterocycles. The van der Waals surface area contributed by atoms with Crippen LogP contribution >= 0.6 is 0 Å². The van der Waals surface area contributed by atoms with Gasteiger partial charge in [-0.3, -0.25) is 14.4 Å². The lowest BCUT2D eigenvalue weighted by Crippen LogP contribution is -2.73. The van der Waals surface area contributed by atoms with Crippen LogP contribution in [0.1, 0.15) is 33.6 Å². The van der Waals surface area contributed by atoms with Crippen LogP contribution in [-0.2, 0) is 66.6 Å². The predicted molar refractivity (Wildman–Crippen MR) is 236 cm³/mol. The number of rotatable bonds is 22. The molecule has 5 fully saturated rings. The molecular weight excluding hydrogens is 1060 g/mol. The number of carbonyl (C=O) groups is 5. The summed E-state index contributed by atoms with van der Waals surface area (Å²) in [7, 11) is 0. The van der Waals surface area contributed by atoms with Gasteiger partial charge in [-0.1, -0.05) is 0 Å². The highest BCUT2D eigenvalue weighted by Crippen LogP contribution is 2.42. The quantitative estimate of drug-likeness (QED) is 0.0479. The number of hydrogen-bond donors (Lipinski definition) is 21.